The molecule has 1 saturated heterocycles. The molecule has 166 valence electrons. The zero-order valence-electron chi connectivity index (χ0n) is 18.1. The molecule has 0 radical (unpaired) electrons. The fourth-order valence-electron chi connectivity index (χ4n) is 3.86. The Hall–Kier alpha value is -2.80. The third-order valence-electron chi connectivity index (χ3n) is 5.58. The highest BCUT2D eigenvalue weighted by Crippen LogP contribution is 2.23. The van der Waals surface area contributed by atoms with E-state index in [0.29, 0.717) is 17.1 Å². The summed E-state index contributed by atoms with van der Waals surface area (Å²) < 4.78 is 5.41. The summed E-state index contributed by atoms with van der Waals surface area (Å²) in [4.78, 5) is 23.7. The van der Waals surface area contributed by atoms with Crippen molar-refractivity contribution in [1.29, 1.82) is 0 Å². The molecular formula is C25H27ClN4O2. The lowest BCUT2D eigenvalue weighted by molar-refractivity contribution is 0.0342. The lowest BCUT2D eigenvalue weighted by Gasteiger charge is -2.26. The molecule has 0 unspecified atom stereocenters. The number of morpholine rings is 1. The first-order chi connectivity index (χ1) is 15.6. The zero-order valence-corrected chi connectivity index (χ0v) is 18.9. The van der Waals surface area contributed by atoms with Crippen LogP contribution in [0.1, 0.15) is 40.0 Å². The largest absolute Gasteiger partial charge is 0.379 e. The maximum atomic E-state index is 12.9. The van der Waals surface area contributed by atoms with Crippen LogP contribution in [0.15, 0.2) is 60.9 Å². The molecule has 7 heteroatoms. The number of rotatable bonds is 7. The quantitative estimate of drug-likeness (QED) is 0.571. The Morgan fingerprint density at radius 3 is 2.78 bits per heavy atom. The van der Waals surface area contributed by atoms with E-state index in [9.17, 15) is 4.79 Å². The van der Waals surface area contributed by atoms with Gasteiger partial charge in [0.15, 0.2) is 0 Å². The zero-order chi connectivity index (χ0) is 22.3. The molecule has 1 fully saturated rings. The van der Waals surface area contributed by atoms with Gasteiger partial charge < -0.3 is 10.1 Å². The van der Waals surface area contributed by atoms with Gasteiger partial charge in [-0.1, -0.05) is 42.8 Å². The fourth-order valence-corrected chi connectivity index (χ4v) is 4.03. The minimum Gasteiger partial charge on any atom is -0.379 e. The molecule has 3 aromatic rings. The van der Waals surface area contributed by atoms with E-state index in [4.69, 9.17) is 16.3 Å². The lowest BCUT2D eigenvalue weighted by Crippen LogP contribution is -2.35. The van der Waals surface area contributed by atoms with Crippen molar-refractivity contribution in [3.05, 3.63) is 88.5 Å². The molecular weight excluding hydrogens is 424 g/mol. The molecule has 1 amide bonds. The van der Waals surface area contributed by atoms with Crippen molar-refractivity contribution in [2.75, 3.05) is 31.6 Å². The molecule has 1 aromatic heterocycles. The molecule has 32 heavy (non-hydrogen) atoms. The van der Waals surface area contributed by atoms with E-state index in [1.807, 2.05) is 36.4 Å². The summed E-state index contributed by atoms with van der Waals surface area (Å²) in [6.07, 6.45) is 3.98. The number of carbonyl (C=O) groups excluding carboxylic acids is 1. The smallest absolute Gasteiger partial charge is 0.255 e. The van der Waals surface area contributed by atoms with Gasteiger partial charge in [0.25, 0.3) is 5.91 Å². The van der Waals surface area contributed by atoms with Crippen LogP contribution in [-0.4, -0.2) is 47.1 Å². The van der Waals surface area contributed by atoms with E-state index in [0.717, 1.165) is 55.4 Å². The van der Waals surface area contributed by atoms with Gasteiger partial charge in [0.05, 0.1) is 25.1 Å². The molecule has 6 nitrogen and oxygen atoms in total. The number of aromatic nitrogens is 2. The molecule has 0 aliphatic carbocycles. The number of benzene rings is 2. The van der Waals surface area contributed by atoms with Gasteiger partial charge in [-0.05, 0) is 47.7 Å². The first kappa shape index (κ1) is 22.4. The molecule has 1 atom stereocenters. The van der Waals surface area contributed by atoms with Crippen LogP contribution < -0.4 is 5.32 Å². The van der Waals surface area contributed by atoms with E-state index in [-0.39, 0.29) is 11.8 Å². The summed E-state index contributed by atoms with van der Waals surface area (Å²) in [6, 6.07) is 15.8. The van der Waals surface area contributed by atoms with Gasteiger partial charge in [-0.15, -0.1) is 0 Å². The van der Waals surface area contributed by atoms with Gasteiger partial charge in [0.1, 0.15) is 5.15 Å². The first-order valence-corrected chi connectivity index (χ1v) is 11.2. The predicted octanol–water partition coefficient (Wildman–Crippen LogP) is 4.56. The highest BCUT2D eigenvalue weighted by molar-refractivity contribution is 6.29. The number of anilines is 1. The van der Waals surface area contributed by atoms with Crippen LogP contribution in [0.4, 0.5) is 5.69 Å². The van der Waals surface area contributed by atoms with Crippen molar-refractivity contribution >= 4 is 23.2 Å². The Bertz CT molecular complexity index is 1070. The molecule has 4 rings (SSSR count). The van der Waals surface area contributed by atoms with Gasteiger partial charge in [-0.3, -0.25) is 14.7 Å². The minimum absolute atomic E-state index is 0.112. The van der Waals surface area contributed by atoms with Crippen LogP contribution in [0.5, 0.6) is 0 Å². The van der Waals surface area contributed by atoms with Crippen molar-refractivity contribution in [3.63, 3.8) is 0 Å². The second kappa shape index (κ2) is 10.7. The van der Waals surface area contributed by atoms with Crippen molar-refractivity contribution in [3.8, 4) is 0 Å². The summed E-state index contributed by atoms with van der Waals surface area (Å²) in [7, 11) is 0. The van der Waals surface area contributed by atoms with Gasteiger partial charge in [-0.2, -0.15) is 0 Å². The average molecular weight is 451 g/mol. The lowest BCUT2D eigenvalue weighted by atomic mass is 9.96. The highest BCUT2D eigenvalue weighted by atomic mass is 35.5. The number of nitrogens with one attached hydrogen (secondary N) is 1. The van der Waals surface area contributed by atoms with E-state index < -0.39 is 0 Å². The van der Waals surface area contributed by atoms with Gasteiger partial charge in [0.2, 0.25) is 0 Å². The Balaban J connectivity index is 1.40. The van der Waals surface area contributed by atoms with Crippen LogP contribution >= 0.6 is 11.6 Å². The first-order valence-electron chi connectivity index (χ1n) is 10.8. The van der Waals surface area contributed by atoms with E-state index in [2.05, 4.69) is 39.2 Å². The van der Waals surface area contributed by atoms with Gasteiger partial charge in [-0.25, -0.2) is 4.98 Å². The SMILES string of the molecule is C[C@H](Cc1cncc(Cl)n1)c1cccc(NC(=O)c2cccc(CN3CCOCC3)c2)c1. The number of hydrogen-bond acceptors (Lipinski definition) is 5. The Kier molecular flexibility index (Phi) is 7.47. The van der Waals surface area contributed by atoms with E-state index >= 15 is 0 Å². The molecule has 2 aromatic carbocycles. The maximum Gasteiger partial charge on any atom is 0.255 e. The van der Waals surface area contributed by atoms with Crippen molar-refractivity contribution in [1.82, 2.24) is 14.9 Å². The second-order valence-electron chi connectivity index (χ2n) is 8.11. The molecule has 0 spiro atoms. The molecule has 1 aliphatic heterocycles. The van der Waals surface area contributed by atoms with E-state index in [1.54, 1.807) is 6.20 Å². The highest BCUT2D eigenvalue weighted by Gasteiger charge is 2.14. The average Bonchev–Trinajstić information content (AvgIpc) is 2.80. The van der Waals surface area contributed by atoms with Crippen molar-refractivity contribution < 1.29 is 9.53 Å². The molecule has 2 heterocycles. The Morgan fingerprint density at radius 1 is 1.16 bits per heavy atom. The third-order valence-corrected chi connectivity index (χ3v) is 5.77. The summed E-state index contributed by atoms with van der Waals surface area (Å²) in [6.45, 7) is 6.31. The van der Waals surface area contributed by atoms with E-state index in [1.165, 1.54) is 6.20 Å². The topological polar surface area (TPSA) is 67.4 Å². The minimum atomic E-state index is -0.112. The van der Waals surface area contributed by atoms with Gasteiger partial charge in [0, 0.05) is 37.1 Å². The number of amides is 1. The summed E-state index contributed by atoms with van der Waals surface area (Å²) in [5.74, 6) is 0.0933. The number of nitrogens with zero attached hydrogens (tertiary/aromatic N) is 3. The number of ether oxygens (including phenoxy) is 1. The number of halogens is 1. The summed E-state index contributed by atoms with van der Waals surface area (Å²) in [5.41, 5.74) is 4.52. The van der Waals surface area contributed by atoms with Gasteiger partial charge >= 0.3 is 0 Å². The van der Waals surface area contributed by atoms with Crippen LogP contribution in [0.25, 0.3) is 0 Å². The Morgan fingerprint density at radius 2 is 1.97 bits per heavy atom. The molecule has 1 aliphatic rings. The van der Waals surface area contributed by atoms with Crippen molar-refractivity contribution in [2.45, 2.75) is 25.8 Å². The number of carbonyl (C=O) groups is 1. The monoisotopic (exact) mass is 450 g/mol. The van der Waals surface area contributed by atoms with Crippen LogP contribution in [-0.2, 0) is 17.7 Å². The summed E-state index contributed by atoms with van der Waals surface area (Å²) >= 11 is 5.95. The predicted molar refractivity (Wildman–Crippen MR) is 126 cm³/mol. The standard InChI is InChI=1S/C25H27ClN4O2/c1-18(12-23-15-27-16-24(26)28-23)20-5-3-7-22(14-20)29-25(31)21-6-2-4-19(13-21)17-30-8-10-32-11-9-30/h2-7,13-16,18H,8-12,17H2,1H3,(H,29,31)/t18-/m1/s1. The van der Waals surface area contributed by atoms with Crippen molar-refractivity contribution in [2.24, 2.45) is 0 Å². The molecule has 1 N–H and O–H groups in total. The normalized spacial score (nSPS) is 15.3. The fraction of sp³-hybridized carbons (Fsp3) is 0.320. The molecule has 0 saturated carbocycles. The number of hydrogen-bond donors (Lipinski definition) is 1. The van der Waals surface area contributed by atoms with Crippen LogP contribution in [0, 0.1) is 0 Å². The van der Waals surface area contributed by atoms with Crippen LogP contribution in [0.2, 0.25) is 5.15 Å². The second-order valence-corrected chi connectivity index (χ2v) is 8.49. The van der Waals surface area contributed by atoms with Crippen LogP contribution in [0.3, 0.4) is 0 Å². The maximum absolute atomic E-state index is 12.9. The molecule has 0 bridgehead atoms. The summed E-state index contributed by atoms with van der Waals surface area (Å²) in [5, 5.41) is 3.43. The third kappa shape index (κ3) is 6.13. The Labute approximate surface area is 193 Å².